The second kappa shape index (κ2) is 4.43. The van der Waals surface area contributed by atoms with Crippen LogP contribution in [-0.2, 0) is 4.74 Å². The van der Waals surface area contributed by atoms with Gasteiger partial charge in [-0.05, 0) is 47.6 Å². The predicted octanol–water partition coefficient (Wildman–Crippen LogP) is 2.52. The van der Waals surface area contributed by atoms with Crippen LogP contribution in [0.2, 0.25) is 0 Å². The van der Waals surface area contributed by atoms with E-state index in [4.69, 9.17) is 4.74 Å². The number of hydrogen-bond donors (Lipinski definition) is 1. The van der Waals surface area contributed by atoms with E-state index in [1.54, 1.807) is 11.3 Å². The molecule has 1 saturated heterocycles. The number of hydrogen-bond acceptors (Lipinski definition) is 3. The average molecular weight is 212 g/mol. The van der Waals surface area contributed by atoms with Crippen LogP contribution in [0, 0.1) is 12.8 Å². The zero-order valence-electron chi connectivity index (χ0n) is 8.40. The van der Waals surface area contributed by atoms with Crippen molar-refractivity contribution in [3.63, 3.8) is 0 Å². The summed E-state index contributed by atoms with van der Waals surface area (Å²) >= 11 is 1.66. The van der Waals surface area contributed by atoms with Crippen molar-refractivity contribution in [1.82, 2.24) is 0 Å². The van der Waals surface area contributed by atoms with E-state index in [2.05, 4.69) is 17.7 Å². The number of rotatable bonds is 3. The van der Waals surface area contributed by atoms with Crippen molar-refractivity contribution in [2.75, 3.05) is 13.2 Å². The van der Waals surface area contributed by atoms with Crippen LogP contribution in [0.5, 0.6) is 0 Å². The van der Waals surface area contributed by atoms with E-state index in [-0.39, 0.29) is 6.10 Å². The lowest BCUT2D eigenvalue weighted by atomic mass is 9.96. The highest BCUT2D eigenvalue weighted by Gasteiger charge is 2.21. The second-order valence-electron chi connectivity index (χ2n) is 3.99. The summed E-state index contributed by atoms with van der Waals surface area (Å²) in [7, 11) is 0. The molecule has 0 amide bonds. The van der Waals surface area contributed by atoms with E-state index < -0.39 is 0 Å². The number of ether oxygens (including phenoxy) is 1. The third-order valence-corrected chi connectivity index (χ3v) is 3.71. The smallest absolute Gasteiger partial charge is 0.0804 e. The van der Waals surface area contributed by atoms with Crippen molar-refractivity contribution in [1.29, 1.82) is 0 Å². The Morgan fingerprint density at radius 3 is 3.07 bits per heavy atom. The van der Waals surface area contributed by atoms with Gasteiger partial charge in [0.1, 0.15) is 0 Å². The van der Waals surface area contributed by atoms with Crippen molar-refractivity contribution >= 4 is 11.3 Å². The van der Waals surface area contributed by atoms with E-state index >= 15 is 0 Å². The van der Waals surface area contributed by atoms with E-state index in [1.807, 2.05) is 0 Å². The molecule has 0 spiro atoms. The van der Waals surface area contributed by atoms with Crippen LogP contribution < -0.4 is 0 Å². The third kappa shape index (κ3) is 2.16. The fourth-order valence-electron chi connectivity index (χ4n) is 1.92. The molecule has 0 bridgehead atoms. The van der Waals surface area contributed by atoms with Gasteiger partial charge in [0.15, 0.2) is 0 Å². The number of thiophene rings is 1. The molecule has 1 fully saturated rings. The molecule has 2 nitrogen and oxygen atoms in total. The van der Waals surface area contributed by atoms with Crippen LogP contribution in [0.1, 0.15) is 30.1 Å². The molecule has 1 aromatic rings. The normalized spacial score (nSPS) is 24.0. The minimum atomic E-state index is -0.298. The quantitative estimate of drug-likeness (QED) is 0.834. The monoisotopic (exact) mass is 212 g/mol. The maximum atomic E-state index is 10.0. The Bertz CT molecular complexity index is 289. The van der Waals surface area contributed by atoms with Crippen LogP contribution in [0.4, 0.5) is 0 Å². The first-order valence-electron chi connectivity index (χ1n) is 5.06. The molecule has 0 aliphatic carbocycles. The van der Waals surface area contributed by atoms with E-state index in [1.165, 1.54) is 5.56 Å². The molecule has 2 heterocycles. The Balaban J connectivity index is 1.95. The first kappa shape index (κ1) is 10.1. The molecule has 3 heteroatoms. The Kier molecular flexibility index (Phi) is 3.21. The molecule has 0 aromatic carbocycles. The van der Waals surface area contributed by atoms with Gasteiger partial charge in [0.25, 0.3) is 0 Å². The van der Waals surface area contributed by atoms with Crippen molar-refractivity contribution in [2.24, 2.45) is 5.92 Å². The average Bonchev–Trinajstić information content (AvgIpc) is 2.75. The zero-order chi connectivity index (χ0) is 9.97. The summed E-state index contributed by atoms with van der Waals surface area (Å²) in [6.07, 6.45) is 1.64. The highest BCUT2D eigenvalue weighted by Crippen LogP contribution is 2.29. The Hall–Kier alpha value is -0.380. The van der Waals surface area contributed by atoms with Gasteiger partial charge in [-0.25, -0.2) is 0 Å². The summed E-state index contributed by atoms with van der Waals surface area (Å²) in [6.45, 7) is 3.74. The van der Waals surface area contributed by atoms with Gasteiger partial charge in [0, 0.05) is 13.2 Å². The maximum absolute atomic E-state index is 10.0. The standard InChI is InChI=1S/C11H16O2S/c1-8-6-14-7-10(8)11(12)4-9-2-3-13-5-9/h6-7,9,11-12H,2-5H2,1H3. The maximum Gasteiger partial charge on any atom is 0.0804 e. The SMILES string of the molecule is Cc1cscc1C(O)CC1CCOC1. The van der Waals surface area contributed by atoms with Gasteiger partial charge in [-0.2, -0.15) is 11.3 Å². The molecule has 1 aliphatic heterocycles. The molecule has 1 N–H and O–H groups in total. The molecule has 78 valence electrons. The van der Waals surface area contributed by atoms with Crippen molar-refractivity contribution in [2.45, 2.75) is 25.9 Å². The van der Waals surface area contributed by atoms with Gasteiger partial charge in [0.05, 0.1) is 6.10 Å². The number of aryl methyl sites for hydroxylation is 1. The zero-order valence-corrected chi connectivity index (χ0v) is 9.22. The Morgan fingerprint density at radius 1 is 1.64 bits per heavy atom. The third-order valence-electron chi connectivity index (χ3n) is 2.83. The fourth-order valence-corrected chi connectivity index (χ4v) is 2.82. The topological polar surface area (TPSA) is 29.5 Å². The van der Waals surface area contributed by atoms with Crippen LogP contribution in [0.15, 0.2) is 10.8 Å². The van der Waals surface area contributed by atoms with Gasteiger partial charge in [0.2, 0.25) is 0 Å². The molecular weight excluding hydrogens is 196 g/mol. The van der Waals surface area contributed by atoms with E-state index in [0.29, 0.717) is 5.92 Å². The van der Waals surface area contributed by atoms with Crippen LogP contribution >= 0.6 is 11.3 Å². The van der Waals surface area contributed by atoms with Gasteiger partial charge in [-0.3, -0.25) is 0 Å². The molecule has 1 aromatic heterocycles. The molecule has 2 unspecified atom stereocenters. The lowest BCUT2D eigenvalue weighted by Crippen LogP contribution is -2.07. The van der Waals surface area contributed by atoms with Gasteiger partial charge < -0.3 is 9.84 Å². The minimum absolute atomic E-state index is 0.298. The lowest BCUT2D eigenvalue weighted by Gasteiger charge is -2.14. The minimum Gasteiger partial charge on any atom is -0.388 e. The summed E-state index contributed by atoms with van der Waals surface area (Å²) in [5, 5.41) is 14.1. The molecule has 2 rings (SSSR count). The highest BCUT2D eigenvalue weighted by atomic mass is 32.1. The van der Waals surface area contributed by atoms with Crippen LogP contribution in [-0.4, -0.2) is 18.3 Å². The fraction of sp³-hybridized carbons (Fsp3) is 0.636. The number of aliphatic hydroxyl groups excluding tert-OH is 1. The van der Waals surface area contributed by atoms with Gasteiger partial charge in [-0.15, -0.1) is 0 Å². The second-order valence-corrected chi connectivity index (χ2v) is 4.73. The van der Waals surface area contributed by atoms with Gasteiger partial charge >= 0.3 is 0 Å². The van der Waals surface area contributed by atoms with Crippen LogP contribution in [0.3, 0.4) is 0 Å². The summed E-state index contributed by atoms with van der Waals surface area (Å²) in [4.78, 5) is 0. The van der Waals surface area contributed by atoms with Crippen molar-refractivity contribution in [3.05, 3.63) is 21.9 Å². The van der Waals surface area contributed by atoms with E-state index in [9.17, 15) is 5.11 Å². The Labute approximate surface area is 88.5 Å². The van der Waals surface area contributed by atoms with E-state index in [0.717, 1.165) is 31.6 Å². The molecular formula is C11H16O2S. The molecule has 2 atom stereocenters. The van der Waals surface area contributed by atoms with Crippen LogP contribution in [0.25, 0.3) is 0 Å². The highest BCUT2D eigenvalue weighted by molar-refractivity contribution is 7.08. The first-order chi connectivity index (χ1) is 6.77. The lowest BCUT2D eigenvalue weighted by molar-refractivity contribution is 0.129. The predicted molar refractivity (Wildman–Crippen MR) is 57.6 cm³/mol. The summed E-state index contributed by atoms with van der Waals surface area (Å²) in [5.41, 5.74) is 2.31. The summed E-state index contributed by atoms with van der Waals surface area (Å²) in [6, 6.07) is 0. The summed E-state index contributed by atoms with van der Waals surface area (Å²) in [5.74, 6) is 0.546. The molecule has 1 aliphatic rings. The summed E-state index contributed by atoms with van der Waals surface area (Å²) < 4.78 is 5.30. The molecule has 14 heavy (non-hydrogen) atoms. The largest absolute Gasteiger partial charge is 0.388 e. The molecule has 0 saturated carbocycles. The van der Waals surface area contributed by atoms with Crippen molar-refractivity contribution in [3.8, 4) is 0 Å². The van der Waals surface area contributed by atoms with Gasteiger partial charge in [-0.1, -0.05) is 0 Å². The number of aliphatic hydroxyl groups is 1. The first-order valence-corrected chi connectivity index (χ1v) is 6.00. The van der Waals surface area contributed by atoms with Crippen molar-refractivity contribution < 1.29 is 9.84 Å². The Morgan fingerprint density at radius 2 is 2.50 bits per heavy atom. The molecule has 0 radical (unpaired) electrons.